The van der Waals surface area contributed by atoms with Gasteiger partial charge in [0.05, 0.1) is 0 Å². The van der Waals surface area contributed by atoms with Gasteiger partial charge in [0.1, 0.15) is 0 Å². The third kappa shape index (κ3) is 5.42. The Bertz CT molecular complexity index is 145. The van der Waals surface area contributed by atoms with E-state index in [4.69, 9.17) is 5.26 Å². The van der Waals surface area contributed by atoms with E-state index in [-0.39, 0.29) is 20.7 Å². The van der Waals surface area contributed by atoms with Crippen molar-refractivity contribution in [1.82, 2.24) is 0 Å². The van der Waals surface area contributed by atoms with E-state index in [1.165, 1.54) is 13.0 Å². The fourth-order valence-electron chi connectivity index (χ4n) is 0.160. The van der Waals surface area contributed by atoms with E-state index in [1.807, 2.05) is 4.97 Å². The van der Waals surface area contributed by atoms with E-state index in [0.717, 1.165) is 0 Å². The van der Waals surface area contributed by atoms with Crippen molar-refractivity contribution in [2.75, 3.05) is 0 Å². The molecule has 0 atom stereocenters. The molecule has 0 spiro atoms. The third-order valence-electron chi connectivity index (χ3n) is 0.423. The Labute approximate surface area is 54.3 Å². The predicted molar refractivity (Wildman–Crippen MR) is 31.2 cm³/mol. The second kappa shape index (κ2) is 4.58. The Morgan fingerprint density at radius 2 is 2.50 bits per heavy atom. The molecule has 0 saturated heterocycles. The van der Waals surface area contributed by atoms with Gasteiger partial charge in [-0.1, -0.05) is 0 Å². The van der Waals surface area contributed by atoms with Gasteiger partial charge < -0.3 is 0 Å². The summed E-state index contributed by atoms with van der Waals surface area (Å²) in [4.78, 5) is 13.7. The van der Waals surface area contributed by atoms with E-state index in [9.17, 15) is 4.79 Å². The zero-order valence-electron chi connectivity index (χ0n) is 4.42. The molecule has 0 radical (unpaired) electrons. The van der Waals surface area contributed by atoms with Gasteiger partial charge in [0.15, 0.2) is 0 Å². The Balaban J connectivity index is 3.38. The number of allylic oxidation sites excluding steroid dienone is 1. The van der Waals surface area contributed by atoms with Crippen LogP contribution in [0.3, 0.4) is 0 Å². The van der Waals surface area contributed by atoms with E-state index in [2.05, 4.69) is 0 Å². The first kappa shape index (κ1) is 7.42. The molecule has 0 fully saturated rings. The summed E-state index contributed by atoms with van der Waals surface area (Å²) < 4.78 is 0. The molecule has 0 bridgehead atoms. The summed E-state index contributed by atoms with van der Waals surface area (Å²) in [5.74, 6) is 0.00197. The third-order valence-corrected chi connectivity index (χ3v) is 1.22. The summed E-state index contributed by atoms with van der Waals surface area (Å²) in [7, 11) is 0. The maximum absolute atomic E-state index is 10.1. The van der Waals surface area contributed by atoms with E-state index in [0.29, 0.717) is 0 Å². The van der Waals surface area contributed by atoms with Crippen LogP contribution in [0.25, 0.3) is 0 Å². The Morgan fingerprint density at radius 1 is 1.88 bits per heavy atom. The van der Waals surface area contributed by atoms with Gasteiger partial charge in [0, 0.05) is 0 Å². The second-order valence-electron chi connectivity index (χ2n) is 1.12. The zero-order chi connectivity index (χ0) is 6.41. The van der Waals surface area contributed by atoms with Crippen molar-refractivity contribution in [3.05, 3.63) is 11.1 Å². The number of nitriles is 1. The molecule has 0 aliphatic heterocycles. The Hall–Kier alpha value is -0.581. The summed E-state index contributed by atoms with van der Waals surface area (Å²) in [6.07, 6.45) is 1.42. The number of ketones is 1. The predicted octanol–water partition coefficient (Wildman–Crippen LogP) is 0.274. The van der Waals surface area contributed by atoms with Crippen molar-refractivity contribution in [2.24, 2.45) is 0 Å². The van der Waals surface area contributed by atoms with Crippen LogP contribution in [0, 0.1) is 10.2 Å². The van der Waals surface area contributed by atoms with Crippen molar-refractivity contribution < 1.29 is 4.79 Å². The zero-order valence-corrected chi connectivity index (χ0v) is 6.13. The van der Waals surface area contributed by atoms with Crippen LogP contribution in [0.4, 0.5) is 0 Å². The van der Waals surface area contributed by atoms with Gasteiger partial charge in [-0.05, 0) is 0 Å². The summed E-state index contributed by atoms with van der Waals surface area (Å²) in [5.41, 5.74) is 0. The number of carbonyl (C=O) groups is 1. The Kier molecular flexibility index (Phi) is 4.24. The van der Waals surface area contributed by atoms with Crippen molar-refractivity contribution in [2.45, 2.75) is 6.92 Å². The number of hydrogen-bond acceptors (Lipinski definition) is 2. The first-order valence-electron chi connectivity index (χ1n) is 1.99. The van der Waals surface area contributed by atoms with Gasteiger partial charge in [0.2, 0.25) is 0 Å². The quantitative estimate of drug-likeness (QED) is 0.445. The SMILES string of the molecule is CC(=O)/C=C\[Se]C#N. The fourth-order valence-corrected chi connectivity index (χ4v) is 0.833. The molecule has 0 heterocycles. The van der Waals surface area contributed by atoms with Crippen LogP contribution in [-0.4, -0.2) is 20.7 Å². The molecule has 0 rings (SSSR count). The average Bonchev–Trinajstić information content (AvgIpc) is 1.66. The summed E-state index contributed by atoms with van der Waals surface area (Å²) in [5, 5.41) is 7.99. The average molecular weight is 174 g/mol. The minimum absolute atomic E-state index is 0.00197. The monoisotopic (exact) mass is 175 g/mol. The van der Waals surface area contributed by atoms with Gasteiger partial charge in [-0.25, -0.2) is 0 Å². The molecule has 0 aromatic heterocycles. The van der Waals surface area contributed by atoms with Crippen molar-refractivity contribution in [3.8, 4) is 4.97 Å². The molecule has 0 unspecified atom stereocenters. The first-order chi connectivity index (χ1) is 3.77. The molecule has 0 aromatic carbocycles. The normalized spacial score (nSPS) is 9.00. The number of rotatable bonds is 2. The number of hydrogen-bond donors (Lipinski definition) is 0. The molecule has 0 amide bonds. The molecular weight excluding hydrogens is 169 g/mol. The van der Waals surface area contributed by atoms with Crippen LogP contribution in [0.15, 0.2) is 11.1 Å². The van der Waals surface area contributed by atoms with Crippen molar-refractivity contribution in [1.29, 1.82) is 5.26 Å². The van der Waals surface area contributed by atoms with Gasteiger partial charge in [-0.15, -0.1) is 0 Å². The maximum atomic E-state index is 10.1. The van der Waals surface area contributed by atoms with E-state index < -0.39 is 0 Å². The van der Waals surface area contributed by atoms with Crippen LogP contribution in [0.1, 0.15) is 6.92 Å². The molecule has 8 heavy (non-hydrogen) atoms. The summed E-state index contributed by atoms with van der Waals surface area (Å²) in [6, 6.07) is 0. The fraction of sp³-hybridized carbons (Fsp3) is 0.200. The minimum atomic E-state index is -0.147. The topological polar surface area (TPSA) is 40.9 Å². The molecule has 3 heteroatoms. The number of nitrogens with zero attached hydrogens (tertiary/aromatic N) is 1. The van der Waals surface area contributed by atoms with Crippen LogP contribution < -0.4 is 0 Å². The van der Waals surface area contributed by atoms with Gasteiger partial charge in [-0.2, -0.15) is 0 Å². The Morgan fingerprint density at radius 3 is 2.88 bits per heavy atom. The van der Waals surface area contributed by atoms with Crippen molar-refractivity contribution >= 4 is 20.7 Å². The van der Waals surface area contributed by atoms with Crippen LogP contribution in [-0.2, 0) is 4.79 Å². The second-order valence-corrected chi connectivity index (χ2v) is 2.57. The standard InChI is InChI=1S/C5H5NOSe/c1-5(7)2-3-8-4-6/h2-3H,1H3/b3-2-. The molecule has 0 N–H and O–H groups in total. The number of carbonyl (C=O) groups excluding carboxylic acids is 1. The van der Waals surface area contributed by atoms with Crippen molar-refractivity contribution in [3.63, 3.8) is 0 Å². The summed E-state index contributed by atoms with van der Waals surface area (Å²) >= 11 is -0.147. The molecule has 0 aromatic rings. The summed E-state index contributed by atoms with van der Waals surface area (Å²) in [6.45, 7) is 1.46. The molecule has 2 nitrogen and oxygen atoms in total. The van der Waals surface area contributed by atoms with Crippen LogP contribution >= 0.6 is 0 Å². The van der Waals surface area contributed by atoms with Crippen LogP contribution in [0.2, 0.25) is 0 Å². The first-order valence-corrected chi connectivity index (χ1v) is 3.84. The van der Waals surface area contributed by atoms with Gasteiger partial charge >= 0.3 is 53.7 Å². The van der Waals surface area contributed by atoms with E-state index >= 15 is 0 Å². The van der Waals surface area contributed by atoms with E-state index in [1.54, 1.807) is 4.97 Å². The molecule has 42 valence electrons. The molecule has 0 aliphatic carbocycles. The van der Waals surface area contributed by atoms with Crippen LogP contribution in [0.5, 0.6) is 0 Å². The van der Waals surface area contributed by atoms with Gasteiger partial charge in [-0.3, -0.25) is 0 Å². The molecule has 0 saturated carbocycles. The molecule has 0 aliphatic rings. The molecular formula is C5H5NOSe. The van der Waals surface area contributed by atoms with Gasteiger partial charge in [0.25, 0.3) is 0 Å².